The fourth-order valence-electron chi connectivity index (χ4n) is 2.72. The van der Waals surface area contributed by atoms with Crippen molar-refractivity contribution in [2.24, 2.45) is 10.2 Å². The lowest BCUT2D eigenvalue weighted by Crippen LogP contribution is -1.98. The van der Waals surface area contributed by atoms with Gasteiger partial charge in [-0.2, -0.15) is 13.5 Å². The minimum atomic E-state index is -4.70. The fourth-order valence-corrected chi connectivity index (χ4v) is 3.34. The van der Waals surface area contributed by atoms with Gasteiger partial charge in [-0.3, -0.25) is 14.7 Å². The van der Waals surface area contributed by atoms with Gasteiger partial charge in [0.1, 0.15) is 10.6 Å². The maximum Gasteiger partial charge on any atom is 0.298 e. The lowest BCUT2D eigenvalue weighted by molar-refractivity contribution is -0.384. The number of azo groups is 1. The van der Waals surface area contributed by atoms with E-state index in [1.807, 2.05) is 6.92 Å². The number of phenolic OH excluding ortho intramolecular Hbond substituents is 1. The van der Waals surface area contributed by atoms with E-state index in [9.17, 15) is 28.2 Å². The zero-order valence-electron chi connectivity index (χ0n) is 14.6. The largest absolute Gasteiger partial charge is 0.504 e. The molecule has 0 amide bonds. The molecule has 0 radical (unpaired) electrons. The van der Waals surface area contributed by atoms with Crippen LogP contribution in [0.5, 0.6) is 5.75 Å². The Morgan fingerprint density at radius 2 is 1.82 bits per heavy atom. The third kappa shape index (κ3) is 3.82. The van der Waals surface area contributed by atoms with Crippen LogP contribution >= 0.6 is 0 Å². The molecule has 0 fully saturated rings. The number of hydrogen-bond acceptors (Lipinski definition) is 7. The Kier molecular flexibility index (Phi) is 5.08. The van der Waals surface area contributed by atoms with Crippen LogP contribution in [-0.4, -0.2) is 23.0 Å². The van der Waals surface area contributed by atoms with Gasteiger partial charge in [-0.15, -0.1) is 5.11 Å². The standard InChI is InChI=1S/C18H15N3O6S/c1-2-11-7-13(10-14(8-11)21(23)24)19-20-17-15-6-4-3-5-12(15)9-16(18(17)22)28(25,26)27/h3-10,22H,2H2,1H3,(H,25,26,27). The minimum absolute atomic E-state index is 0.158. The molecule has 3 rings (SSSR count). The van der Waals surface area contributed by atoms with Crippen LogP contribution in [0.4, 0.5) is 17.1 Å². The van der Waals surface area contributed by atoms with Crippen LogP contribution in [-0.2, 0) is 16.5 Å². The number of nitro benzene ring substituents is 1. The van der Waals surface area contributed by atoms with Gasteiger partial charge < -0.3 is 5.11 Å². The van der Waals surface area contributed by atoms with Crippen LogP contribution in [0.3, 0.4) is 0 Å². The third-order valence-corrected chi connectivity index (χ3v) is 4.95. The number of nitro groups is 1. The Morgan fingerprint density at radius 3 is 2.46 bits per heavy atom. The van der Waals surface area contributed by atoms with Gasteiger partial charge in [0.05, 0.1) is 10.6 Å². The Labute approximate surface area is 159 Å². The predicted octanol–water partition coefficient (Wildman–Crippen LogP) is 4.68. The minimum Gasteiger partial charge on any atom is -0.504 e. The summed E-state index contributed by atoms with van der Waals surface area (Å²) in [5.41, 5.74) is 0.514. The monoisotopic (exact) mass is 401 g/mol. The topological polar surface area (TPSA) is 142 Å². The Morgan fingerprint density at radius 1 is 1.11 bits per heavy atom. The molecular weight excluding hydrogens is 386 g/mol. The van der Waals surface area contributed by atoms with E-state index >= 15 is 0 Å². The summed E-state index contributed by atoms with van der Waals surface area (Å²) in [6, 6.07) is 11.9. The highest BCUT2D eigenvalue weighted by Gasteiger charge is 2.21. The van der Waals surface area contributed by atoms with E-state index in [4.69, 9.17) is 0 Å². The molecule has 0 saturated carbocycles. The van der Waals surface area contributed by atoms with Gasteiger partial charge in [0, 0.05) is 17.5 Å². The SMILES string of the molecule is CCc1cc(N=Nc2c(O)c(S(=O)(=O)O)cc3ccccc23)cc([N+](=O)[O-])c1. The normalized spacial score (nSPS) is 11.9. The van der Waals surface area contributed by atoms with Crippen LogP contribution < -0.4 is 0 Å². The van der Waals surface area contributed by atoms with Gasteiger partial charge in [0.15, 0.2) is 5.75 Å². The van der Waals surface area contributed by atoms with Crippen LogP contribution in [0.2, 0.25) is 0 Å². The molecular formula is C18H15N3O6S. The molecule has 0 aromatic heterocycles. The van der Waals surface area contributed by atoms with Gasteiger partial charge >= 0.3 is 0 Å². The van der Waals surface area contributed by atoms with Crippen molar-refractivity contribution in [3.05, 3.63) is 64.2 Å². The van der Waals surface area contributed by atoms with Crippen LogP contribution in [0.15, 0.2) is 63.7 Å². The van der Waals surface area contributed by atoms with Crippen molar-refractivity contribution in [3.63, 3.8) is 0 Å². The summed E-state index contributed by atoms with van der Waals surface area (Å²) >= 11 is 0. The van der Waals surface area contributed by atoms with Crippen LogP contribution in [0, 0.1) is 10.1 Å². The van der Waals surface area contributed by atoms with Crippen molar-refractivity contribution >= 4 is 38.0 Å². The molecule has 9 nitrogen and oxygen atoms in total. The number of aryl methyl sites for hydroxylation is 1. The summed E-state index contributed by atoms with van der Waals surface area (Å²) in [7, 11) is -4.70. The first-order valence-corrected chi connectivity index (χ1v) is 9.57. The summed E-state index contributed by atoms with van der Waals surface area (Å²) < 4.78 is 32.5. The van der Waals surface area contributed by atoms with Gasteiger partial charge in [0.2, 0.25) is 0 Å². The average Bonchev–Trinajstić information content (AvgIpc) is 2.65. The average molecular weight is 401 g/mol. The molecule has 0 spiro atoms. The highest BCUT2D eigenvalue weighted by Crippen LogP contribution is 2.41. The van der Waals surface area contributed by atoms with Crippen LogP contribution in [0.1, 0.15) is 12.5 Å². The number of aromatic hydroxyl groups is 1. The summed E-state index contributed by atoms with van der Waals surface area (Å²) in [4.78, 5) is 9.83. The molecule has 0 aliphatic rings. The van der Waals surface area contributed by atoms with Crippen molar-refractivity contribution in [1.82, 2.24) is 0 Å². The Balaban J connectivity index is 2.21. The molecule has 10 heteroatoms. The molecule has 2 N–H and O–H groups in total. The smallest absolute Gasteiger partial charge is 0.298 e. The van der Waals surface area contributed by atoms with Crippen molar-refractivity contribution in [2.45, 2.75) is 18.2 Å². The highest BCUT2D eigenvalue weighted by molar-refractivity contribution is 7.86. The first-order valence-electron chi connectivity index (χ1n) is 8.13. The van der Waals surface area contributed by atoms with Gasteiger partial charge in [-0.1, -0.05) is 31.2 Å². The van der Waals surface area contributed by atoms with E-state index in [0.717, 1.165) is 6.07 Å². The maximum absolute atomic E-state index is 11.6. The first-order chi connectivity index (χ1) is 13.2. The fraction of sp³-hybridized carbons (Fsp3) is 0.111. The van der Waals surface area contributed by atoms with E-state index in [0.29, 0.717) is 22.8 Å². The quantitative estimate of drug-likeness (QED) is 0.275. The third-order valence-electron chi connectivity index (χ3n) is 4.08. The molecule has 0 heterocycles. The van der Waals surface area contributed by atoms with Crippen molar-refractivity contribution in [2.75, 3.05) is 0 Å². The van der Waals surface area contributed by atoms with E-state index in [-0.39, 0.29) is 17.1 Å². The second kappa shape index (κ2) is 7.33. The number of non-ortho nitro benzene ring substituents is 1. The van der Waals surface area contributed by atoms with Crippen molar-refractivity contribution in [1.29, 1.82) is 0 Å². The number of rotatable bonds is 5. The van der Waals surface area contributed by atoms with Crippen LogP contribution in [0.25, 0.3) is 10.8 Å². The number of nitrogens with zero attached hydrogens (tertiary/aromatic N) is 3. The molecule has 0 atom stereocenters. The molecule has 3 aromatic carbocycles. The maximum atomic E-state index is 11.6. The predicted molar refractivity (Wildman–Crippen MR) is 102 cm³/mol. The summed E-state index contributed by atoms with van der Waals surface area (Å²) in [6.45, 7) is 1.83. The molecule has 28 heavy (non-hydrogen) atoms. The summed E-state index contributed by atoms with van der Waals surface area (Å²) in [5.74, 6) is -0.758. The lowest BCUT2D eigenvalue weighted by Gasteiger charge is -2.08. The van der Waals surface area contributed by atoms with Gasteiger partial charge in [-0.05, 0) is 29.5 Å². The summed E-state index contributed by atoms with van der Waals surface area (Å²) in [6.07, 6.45) is 0.538. The second-order valence-electron chi connectivity index (χ2n) is 5.94. The molecule has 0 aliphatic carbocycles. The Hall–Kier alpha value is -3.37. The summed E-state index contributed by atoms with van der Waals surface area (Å²) in [5, 5.41) is 30.1. The zero-order chi connectivity index (χ0) is 20.5. The number of phenols is 1. The van der Waals surface area contributed by atoms with Gasteiger partial charge in [-0.25, -0.2) is 0 Å². The first kappa shape index (κ1) is 19.4. The molecule has 0 bridgehead atoms. The Bertz CT molecular complexity index is 1220. The molecule has 0 aliphatic heterocycles. The molecule has 144 valence electrons. The molecule has 0 saturated heterocycles. The lowest BCUT2D eigenvalue weighted by atomic mass is 10.1. The zero-order valence-corrected chi connectivity index (χ0v) is 15.4. The van der Waals surface area contributed by atoms with Gasteiger partial charge in [0.25, 0.3) is 15.8 Å². The number of benzene rings is 3. The number of hydrogen-bond donors (Lipinski definition) is 2. The van der Waals surface area contributed by atoms with E-state index in [2.05, 4.69) is 10.2 Å². The highest BCUT2D eigenvalue weighted by atomic mass is 32.2. The second-order valence-corrected chi connectivity index (χ2v) is 7.33. The van der Waals surface area contributed by atoms with Crippen molar-refractivity contribution in [3.8, 4) is 5.75 Å². The van der Waals surface area contributed by atoms with Crippen molar-refractivity contribution < 1.29 is 23.0 Å². The molecule has 3 aromatic rings. The van der Waals surface area contributed by atoms with E-state index in [1.165, 1.54) is 12.1 Å². The number of fused-ring (bicyclic) bond motifs is 1. The van der Waals surface area contributed by atoms with E-state index in [1.54, 1.807) is 30.3 Å². The molecule has 0 unspecified atom stereocenters. The van der Waals surface area contributed by atoms with E-state index < -0.39 is 25.7 Å².